The number of rotatable bonds is 6. The number of carbonyl (C=O) groups is 1. The molecular formula is C15H29NO. The summed E-state index contributed by atoms with van der Waals surface area (Å²) in [4.78, 5) is 12.1. The van der Waals surface area contributed by atoms with Crippen LogP contribution in [0.3, 0.4) is 0 Å². The van der Waals surface area contributed by atoms with Gasteiger partial charge in [-0.15, -0.1) is 0 Å². The van der Waals surface area contributed by atoms with Crippen LogP contribution in [0.5, 0.6) is 0 Å². The molecule has 0 spiro atoms. The molecule has 1 fully saturated rings. The fraction of sp³-hybridized carbons (Fsp3) is 0.933. The molecule has 0 heterocycles. The quantitative estimate of drug-likeness (QED) is 0.748. The van der Waals surface area contributed by atoms with Crippen LogP contribution in [0.15, 0.2) is 0 Å². The molecular weight excluding hydrogens is 210 g/mol. The van der Waals surface area contributed by atoms with Crippen LogP contribution in [0.4, 0.5) is 0 Å². The fourth-order valence-electron chi connectivity index (χ4n) is 2.69. The molecule has 1 aliphatic carbocycles. The number of hydrogen-bond acceptors (Lipinski definition) is 1. The molecule has 0 aromatic rings. The van der Waals surface area contributed by atoms with Crippen molar-refractivity contribution in [2.45, 2.75) is 78.2 Å². The summed E-state index contributed by atoms with van der Waals surface area (Å²) in [5.41, 5.74) is 0. The van der Waals surface area contributed by atoms with Gasteiger partial charge in [0.25, 0.3) is 0 Å². The first-order valence-corrected chi connectivity index (χ1v) is 7.47. The molecule has 100 valence electrons. The van der Waals surface area contributed by atoms with E-state index in [1.54, 1.807) is 0 Å². The Kier molecular flexibility index (Phi) is 6.61. The Balaban J connectivity index is 2.31. The molecule has 0 bridgehead atoms. The second kappa shape index (κ2) is 7.73. The summed E-state index contributed by atoms with van der Waals surface area (Å²) in [6.07, 6.45) is 9.30. The monoisotopic (exact) mass is 239 g/mol. The van der Waals surface area contributed by atoms with Gasteiger partial charge in [-0.25, -0.2) is 0 Å². The fourth-order valence-corrected chi connectivity index (χ4v) is 2.69. The van der Waals surface area contributed by atoms with Crippen molar-refractivity contribution < 1.29 is 4.79 Å². The highest BCUT2D eigenvalue weighted by molar-refractivity contribution is 5.78. The second-order valence-corrected chi connectivity index (χ2v) is 5.71. The number of carbonyl (C=O) groups excluding carboxylic acids is 1. The predicted octanol–water partition coefficient (Wildman–Crippen LogP) is 3.90. The average molecular weight is 239 g/mol. The maximum atomic E-state index is 12.1. The summed E-state index contributed by atoms with van der Waals surface area (Å²) < 4.78 is 0. The highest BCUT2D eigenvalue weighted by Crippen LogP contribution is 2.24. The minimum Gasteiger partial charge on any atom is -0.353 e. The number of hydrogen-bond donors (Lipinski definition) is 1. The highest BCUT2D eigenvalue weighted by Gasteiger charge is 2.22. The van der Waals surface area contributed by atoms with Gasteiger partial charge >= 0.3 is 0 Å². The molecule has 0 radical (unpaired) electrons. The van der Waals surface area contributed by atoms with Crippen molar-refractivity contribution in [1.29, 1.82) is 0 Å². The maximum Gasteiger partial charge on any atom is 0.223 e. The van der Waals surface area contributed by atoms with E-state index in [1.807, 2.05) is 0 Å². The second-order valence-electron chi connectivity index (χ2n) is 5.71. The molecule has 0 aromatic carbocycles. The van der Waals surface area contributed by atoms with Crippen LogP contribution in [-0.4, -0.2) is 11.9 Å². The zero-order valence-corrected chi connectivity index (χ0v) is 11.8. The van der Waals surface area contributed by atoms with Crippen LogP contribution < -0.4 is 5.32 Å². The van der Waals surface area contributed by atoms with Crippen molar-refractivity contribution in [3.8, 4) is 0 Å². The molecule has 1 amide bonds. The van der Waals surface area contributed by atoms with Crippen molar-refractivity contribution >= 4 is 5.91 Å². The van der Waals surface area contributed by atoms with Crippen molar-refractivity contribution in [3.05, 3.63) is 0 Å². The summed E-state index contributed by atoms with van der Waals surface area (Å²) >= 11 is 0. The molecule has 17 heavy (non-hydrogen) atoms. The van der Waals surface area contributed by atoms with Crippen LogP contribution >= 0.6 is 0 Å². The zero-order chi connectivity index (χ0) is 12.7. The Morgan fingerprint density at radius 2 is 1.88 bits per heavy atom. The first-order valence-electron chi connectivity index (χ1n) is 7.47. The van der Waals surface area contributed by atoms with Gasteiger partial charge in [0, 0.05) is 12.0 Å². The Bertz CT molecular complexity index is 219. The predicted molar refractivity (Wildman–Crippen MR) is 72.9 cm³/mol. The summed E-state index contributed by atoms with van der Waals surface area (Å²) in [6, 6.07) is 0.453. The van der Waals surface area contributed by atoms with E-state index in [2.05, 4.69) is 26.1 Å². The van der Waals surface area contributed by atoms with Crippen LogP contribution in [0.1, 0.15) is 72.1 Å². The van der Waals surface area contributed by atoms with E-state index in [4.69, 9.17) is 0 Å². The molecule has 1 N–H and O–H groups in total. The molecule has 1 unspecified atom stereocenters. The molecule has 1 atom stereocenters. The van der Waals surface area contributed by atoms with E-state index in [1.165, 1.54) is 38.5 Å². The number of amides is 1. The van der Waals surface area contributed by atoms with Gasteiger partial charge in [-0.1, -0.05) is 33.6 Å². The largest absolute Gasteiger partial charge is 0.353 e. The smallest absolute Gasteiger partial charge is 0.223 e. The lowest BCUT2D eigenvalue weighted by Gasteiger charge is -2.28. The Morgan fingerprint density at radius 1 is 1.24 bits per heavy atom. The van der Waals surface area contributed by atoms with Gasteiger partial charge in [0.2, 0.25) is 5.91 Å². The summed E-state index contributed by atoms with van der Waals surface area (Å²) in [5, 5.41) is 3.26. The third-order valence-electron chi connectivity index (χ3n) is 4.13. The third-order valence-corrected chi connectivity index (χ3v) is 4.13. The van der Waals surface area contributed by atoms with Crippen LogP contribution in [0, 0.1) is 11.8 Å². The Hall–Kier alpha value is -0.530. The number of nitrogens with one attached hydrogen (secondary N) is 1. The molecule has 1 saturated carbocycles. The van der Waals surface area contributed by atoms with Gasteiger partial charge in [-0.2, -0.15) is 0 Å². The lowest BCUT2D eigenvalue weighted by atomic mass is 9.87. The van der Waals surface area contributed by atoms with Gasteiger partial charge in [-0.3, -0.25) is 4.79 Å². The normalized spacial score (nSPS) is 26.5. The van der Waals surface area contributed by atoms with E-state index in [0.717, 1.165) is 18.8 Å². The van der Waals surface area contributed by atoms with Crippen molar-refractivity contribution in [2.75, 3.05) is 0 Å². The van der Waals surface area contributed by atoms with Crippen molar-refractivity contribution in [1.82, 2.24) is 5.32 Å². The molecule has 1 aliphatic rings. The summed E-state index contributed by atoms with van der Waals surface area (Å²) in [6.45, 7) is 6.63. The van der Waals surface area contributed by atoms with Gasteiger partial charge < -0.3 is 5.32 Å². The van der Waals surface area contributed by atoms with E-state index in [0.29, 0.717) is 11.9 Å². The molecule has 0 aliphatic heterocycles. The molecule has 0 aromatic heterocycles. The summed E-state index contributed by atoms with van der Waals surface area (Å²) in [7, 11) is 0. The molecule has 1 rings (SSSR count). The van der Waals surface area contributed by atoms with Crippen LogP contribution in [0.25, 0.3) is 0 Å². The van der Waals surface area contributed by atoms with E-state index < -0.39 is 0 Å². The third kappa shape index (κ3) is 5.10. The van der Waals surface area contributed by atoms with Gasteiger partial charge in [0.05, 0.1) is 0 Å². The minimum absolute atomic E-state index is 0.245. The van der Waals surface area contributed by atoms with Crippen molar-refractivity contribution in [3.63, 3.8) is 0 Å². The number of unbranched alkanes of at least 4 members (excludes halogenated alkanes) is 1. The van der Waals surface area contributed by atoms with E-state index >= 15 is 0 Å². The minimum atomic E-state index is 0.245. The maximum absolute atomic E-state index is 12.1. The average Bonchev–Trinajstić information content (AvgIpc) is 2.33. The standard InChI is InChI=1S/C15H29NO/c1-4-6-7-13(5-2)15(17)16-14-10-8-12(3)9-11-14/h12-14H,4-11H2,1-3H3,(H,16,17). The first-order chi connectivity index (χ1) is 8.17. The Morgan fingerprint density at radius 3 is 2.41 bits per heavy atom. The zero-order valence-electron chi connectivity index (χ0n) is 11.8. The van der Waals surface area contributed by atoms with Crippen LogP contribution in [0.2, 0.25) is 0 Å². The van der Waals surface area contributed by atoms with Gasteiger partial charge in [-0.05, 0) is 44.4 Å². The van der Waals surface area contributed by atoms with E-state index in [9.17, 15) is 4.79 Å². The molecule has 2 nitrogen and oxygen atoms in total. The van der Waals surface area contributed by atoms with Gasteiger partial charge in [0.1, 0.15) is 0 Å². The first kappa shape index (κ1) is 14.5. The molecule has 2 heteroatoms. The Labute approximate surface area is 107 Å². The van der Waals surface area contributed by atoms with Gasteiger partial charge in [0.15, 0.2) is 0 Å². The van der Waals surface area contributed by atoms with Crippen molar-refractivity contribution in [2.24, 2.45) is 11.8 Å². The summed E-state index contributed by atoms with van der Waals surface area (Å²) in [5.74, 6) is 1.40. The topological polar surface area (TPSA) is 29.1 Å². The molecule has 0 saturated heterocycles. The SMILES string of the molecule is CCCCC(CC)C(=O)NC1CCC(C)CC1. The lowest BCUT2D eigenvalue weighted by Crippen LogP contribution is -2.40. The van der Waals surface area contributed by atoms with Crippen LogP contribution in [-0.2, 0) is 4.79 Å². The highest BCUT2D eigenvalue weighted by atomic mass is 16.1. The lowest BCUT2D eigenvalue weighted by molar-refractivity contribution is -0.126. The van der Waals surface area contributed by atoms with E-state index in [-0.39, 0.29) is 5.92 Å².